The van der Waals surface area contributed by atoms with Crippen molar-refractivity contribution in [2.75, 3.05) is 0 Å². The first kappa shape index (κ1) is 53.4. The lowest BCUT2D eigenvalue weighted by molar-refractivity contribution is 0.0158. The van der Waals surface area contributed by atoms with Crippen LogP contribution in [0.2, 0.25) is 0 Å². The van der Waals surface area contributed by atoms with E-state index in [1.807, 2.05) is 0 Å². The molecule has 7 bridgehead atoms. The van der Waals surface area contributed by atoms with Gasteiger partial charge in [0.25, 0.3) is 0 Å². The van der Waals surface area contributed by atoms with E-state index < -0.39 is 0 Å². The second-order valence-electron chi connectivity index (χ2n) is 31.6. The molecule has 0 N–H and O–H groups in total. The summed E-state index contributed by atoms with van der Waals surface area (Å²) in [5.74, 6) is 0. The highest BCUT2D eigenvalue weighted by Crippen LogP contribution is 2.60. The maximum Gasteiger partial charge on any atom is -0.0297 e. The monoisotopic (exact) mass is 887 g/mol. The minimum atomic E-state index is 0.440. The predicted molar refractivity (Wildman–Crippen MR) is 284 cm³/mol. The number of hydrogen-bond donors (Lipinski definition) is 0. The molecule has 374 valence electrons. The van der Waals surface area contributed by atoms with Gasteiger partial charge in [0.1, 0.15) is 0 Å². The van der Waals surface area contributed by atoms with Crippen LogP contribution < -0.4 is 0 Å². The summed E-state index contributed by atoms with van der Waals surface area (Å²) >= 11 is 0. The van der Waals surface area contributed by atoms with Gasteiger partial charge in [-0.3, -0.25) is 0 Å². The first-order valence-electron chi connectivity index (χ1n) is 29.8. The Labute approximate surface area is 404 Å². The zero-order valence-corrected chi connectivity index (χ0v) is 46.5. The normalized spacial score (nSPS) is 43.3. The van der Waals surface area contributed by atoms with Gasteiger partial charge in [-0.2, -0.15) is 0 Å². The van der Waals surface area contributed by atoms with Crippen molar-refractivity contribution in [3.63, 3.8) is 0 Å². The van der Waals surface area contributed by atoms with Crippen molar-refractivity contribution in [3.05, 3.63) is 0 Å². The Morgan fingerprint density at radius 1 is 0.250 bits per heavy atom. The van der Waals surface area contributed by atoms with Crippen LogP contribution in [0.3, 0.4) is 0 Å². The molecule has 6 aliphatic rings. The number of rotatable bonds is 2. The summed E-state index contributed by atoms with van der Waals surface area (Å²) in [4.78, 5) is 0. The van der Waals surface area contributed by atoms with E-state index in [-0.39, 0.29) is 0 Å². The Hall–Kier alpha value is 0. The van der Waals surface area contributed by atoms with Crippen molar-refractivity contribution in [2.24, 2.45) is 59.6 Å². The van der Waals surface area contributed by atoms with E-state index in [0.29, 0.717) is 59.6 Å². The van der Waals surface area contributed by atoms with Gasteiger partial charge in [0.05, 0.1) is 0 Å². The van der Waals surface area contributed by atoms with E-state index >= 15 is 0 Å². The molecule has 0 heterocycles. The van der Waals surface area contributed by atoms with Crippen LogP contribution in [0.25, 0.3) is 0 Å². The van der Waals surface area contributed by atoms with Crippen LogP contribution in [0.15, 0.2) is 0 Å². The highest BCUT2D eigenvalue weighted by Gasteiger charge is 2.46. The highest BCUT2D eigenvalue weighted by atomic mass is 14.5. The zero-order chi connectivity index (χ0) is 46.5. The average Bonchev–Trinajstić information content (AvgIpc) is 3.23. The molecule has 0 heteroatoms. The predicted octanol–water partition coefficient (Wildman–Crippen LogP) is 22.2. The van der Waals surface area contributed by atoms with Crippen LogP contribution in [0.4, 0.5) is 0 Å². The van der Waals surface area contributed by atoms with Gasteiger partial charge >= 0.3 is 0 Å². The van der Waals surface area contributed by atoms with Crippen molar-refractivity contribution in [3.8, 4) is 0 Å². The van der Waals surface area contributed by atoms with Crippen molar-refractivity contribution in [1.82, 2.24) is 0 Å². The Bertz CT molecular complexity index is 1430. The summed E-state index contributed by atoms with van der Waals surface area (Å²) in [7, 11) is 0. The fourth-order valence-corrected chi connectivity index (χ4v) is 15.8. The summed E-state index contributed by atoms with van der Waals surface area (Å²) in [6.45, 7) is 32.3. The van der Waals surface area contributed by atoms with Crippen LogP contribution in [0, 0.1) is 59.6 Å². The molecule has 6 rings (SSSR count). The lowest BCUT2D eigenvalue weighted by atomic mass is 9.55. The molecule has 0 saturated heterocycles. The molecular weight excluding hydrogens is 769 g/mol. The molecule has 64 heavy (non-hydrogen) atoms. The summed E-state index contributed by atoms with van der Waals surface area (Å²) in [6, 6.07) is 0. The van der Waals surface area contributed by atoms with E-state index in [1.54, 1.807) is 77.0 Å². The van der Waals surface area contributed by atoms with Crippen LogP contribution in [0.1, 0.15) is 346 Å². The van der Waals surface area contributed by atoms with Crippen LogP contribution in [0.5, 0.6) is 0 Å². The molecule has 3 spiro atoms. The van der Waals surface area contributed by atoms with Crippen molar-refractivity contribution < 1.29 is 0 Å². The molecule has 8 atom stereocenters. The molecule has 0 amide bonds. The number of fused-ring (bicyclic) bond motifs is 10. The summed E-state index contributed by atoms with van der Waals surface area (Å²) in [5, 5.41) is 0. The molecule has 0 radical (unpaired) electrons. The van der Waals surface area contributed by atoms with Crippen LogP contribution >= 0.6 is 0 Å². The molecule has 0 nitrogen and oxygen atoms in total. The summed E-state index contributed by atoms with van der Waals surface area (Å²) in [6.07, 6.45) is 61.5. The smallest absolute Gasteiger partial charge is 0.0297 e. The Morgan fingerprint density at radius 3 is 0.859 bits per heavy atom. The van der Waals surface area contributed by atoms with Gasteiger partial charge in [0.2, 0.25) is 0 Å². The molecule has 8 unspecified atom stereocenters. The lowest BCUT2D eigenvalue weighted by Crippen LogP contribution is -2.37. The Balaban J connectivity index is 1.42. The zero-order valence-electron chi connectivity index (χ0n) is 46.5. The van der Waals surface area contributed by atoms with E-state index in [1.165, 1.54) is 186 Å². The molecule has 0 aliphatic heterocycles. The summed E-state index contributed by atoms with van der Waals surface area (Å²) < 4.78 is 0. The summed E-state index contributed by atoms with van der Waals surface area (Å²) in [5.41, 5.74) is 5.53. The maximum absolute atomic E-state index is 2.86. The van der Waals surface area contributed by atoms with Gasteiger partial charge in [-0.1, -0.05) is 141 Å². The molecule has 6 fully saturated rings. The van der Waals surface area contributed by atoms with Gasteiger partial charge in [-0.25, -0.2) is 0 Å². The second kappa shape index (κ2) is 21.2. The minimum Gasteiger partial charge on any atom is -0.0602 e. The van der Waals surface area contributed by atoms with Crippen molar-refractivity contribution >= 4 is 0 Å². The van der Waals surface area contributed by atoms with Gasteiger partial charge in [-0.15, -0.1) is 0 Å². The molecule has 0 aromatic heterocycles. The first-order valence-corrected chi connectivity index (χ1v) is 29.8. The third-order valence-electron chi connectivity index (χ3n) is 23.1. The van der Waals surface area contributed by atoms with Crippen LogP contribution in [-0.2, 0) is 0 Å². The third kappa shape index (κ3) is 15.8. The van der Waals surface area contributed by atoms with E-state index in [2.05, 4.69) is 83.1 Å². The average molecular weight is 888 g/mol. The molecule has 0 aromatic carbocycles. The van der Waals surface area contributed by atoms with Gasteiger partial charge in [0, 0.05) is 0 Å². The SMILES string of the molecule is CC(C)(C)CCC1(C)CCCCCC23CCCCCC45CCCCCC(C)(C)CCC(C)(CCC6(C)CCC(C)(C)CCC(C)(CCC(C)(CC1)CC2)CCC(CC6)(CC4)CC3)CC5. The maximum atomic E-state index is 2.86. The lowest BCUT2D eigenvalue weighted by Gasteiger charge is -2.50. The number of hydrogen-bond acceptors (Lipinski definition) is 0. The molecule has 6 aliphatic carbocycles. The second-order valence-corrected chi connectivity index (χ2v) is 31.6. The minimum absolute atomic E-state index is 0.440. The standard InChI is InChI=1S/C64H118/c1-54(2,3)28-32-57(8)23-17-14-19-25-63-27-21-15-20-26-62-24-18-13-16-22-55(4,5)29-33-58(9,42-46-62)38-39-59(10)34-30-56(6,7)31-35-60(11,40-41-61(12,37-36-57)43-47-63)45-49-64(48-44-59,52-50-62)53-51-63/h13-53H2,1-12H3. The van der Waals surface area contributed by atoms with Gasteiger partial charge in [0.15, 0.2) is 0 Å². The fraction of sp³-hybridized carbons (Fsp3) is 1.00. The van der Waals surface area contributed by atoms with E-state index in [0.717, 1.165) is 0 Å². The van der Waals surface area contributed by atoms with Crippen molar-refractivity contribution in [1.29, 1.82) is 0 Å². The topological polar surface area (TPSA) is 0 Å². The van der Waals surface area contributed by atoms with Crippen LogP contribution in [-0.4, -0.2) is 0 Å². The Kier molecular flexibility index (Phi) is 17.6. The van der Waals surface area contributed by atoms with Gasteiger partial charge in [-0.05, 0) is 265 Å². The van der Waals surface area contributed by atoms with E-state index in [4.69, 9.17) is 0 Å². The highest BCUT2D eigenvalue weighted by molar-refractivity contribution is 4.98. The Morgan fingerprint density at radius 2 is 0.500 bits per heavy atom. The largest absolute Gasteiger partial charge is 0.0602 e. The van der Waals surface area contributed by atoms with Gasteiger partial charge < -0.3 is 0 Å². The molecular formula is C64H118. The quantitative estimate of drug-likeness (QED) is 0.259. The fourth-order valence-electron chi connectivity index (χ4n) is 15.8. The molecule has 0 aromatic rings. The third-order valence-corrected chi connectivity index (χ3v) is 23.1. The first-order chi connectivity index (χ1) is 29.8. The molecule has 6 saturated carbocycles. The van der Waals surface area contributed by atoms with Crippen molar-refractivity contribution in [2.45, 2.75) is 346 Å². The van der Waals surface area contributed by atoms with E-state index in [9.17, 15) is 0 Å².